The summed E-state index contributed by atoms with van der Waals surface area (Å²) in [6.45, 7) is 10.0. The lowest BCUT2D eigenvalue weighted by Crippen LogP contribution is -2.50. The lowest BCUT2D eigenvalue weighted by atomic mass is 9.91. The molecule has 3 aromatic heterocycles. The quantitative estimate of drug-likeness (QED) is 0.167. The van der Waals surface area contributed by atoms with E-state index in [1.807, 2.05) is 34.6 Å². The molecule has 6 heterocycles. The van der Waals surface area contributed by atoms with Gasteiger partial charge in [0, 0.05) is 55.2 Å². The van der Waals surface area contributed by atoms with Crippen LogP contribution in [0.4, 0.5) is 10.3 Å². The minimum Gasteiger partial charge on any atom is -0.381 e. The molecule has 2 saturated carbocycles. The Hall–Kier alpha value is -5.87. The fraction of sp³-hybridized carbons (Fsp3) is 0.438. The second-order valence-corrected chi connectivity index (χ2v) is 20.9. The summed E-state index contributed by atoms with van der Waals surface area (Å²) in [4.78, 5) is 54.7. The number of anilines is 1. The number of nitrogens with zero attached hydrogens (tertiary/aromatic N) is 6. The minimum absolute atomic E-state index is 0.0283. The number of aromatic amines is 1. The van der Waals surface area contributed by atoms with Crippen molar-refractivity contribution in [2.75, 3.05) is 37.7 Å². The number of fused-ring (bicyclic) bond motifs is 2. The molecule has 0 bridgehead atoms. The molecule has 5 aliphatic rings. The van der Waals surface area contributed by atoms with Gasteiger partial charge in [-0.15, -0.1) is 0 Å². The number of amides is 1. The molecule has 14 nitrogen and oxygen atoms in total. The van der Waals surface area contributed by atoms with Crippen molar-refractivity contribution < 1.29 is 26.9 Å². The summed E-state index contributed by atoms with van der Waals surface area (Å²) < 4.78 is 55.1. The molecule has 0 radical (unpaired) electrons. The smallest absolute Gasteiger partial charge is 0.381 e. The van der Waals surface area contributed by atoms with Crippen molar-refractivity contribution in [3.05, 3.63) is 132 Å². The normalized spacial score (nSPS) is 22.8. The van der Waals surface area contributed by atoms with Gasteiger partial charge in [0.1, 0.15) is 17.1 Å². The second-order valence-electron chi connectivity index (χ2n) is 18.7. The molecule has 3 atom stereocenters. The highest BCUT2D eigenvalue weighted by molar-refractivity contribution is 7.92. The maximum absolute atomic E-state index is 15.3. The molecule has 0 unspecified atom stereocenters. The number of sulfone groups is 1. The van der Waals surface area contributed by atoms with Gasteiger partial charge in [0.05, 0.1) is 27.6 Å². The number of rotatable bonds is 9. The van der Waals surface area contributed by atoms with Gasteiger partial charge < -0.3 is 19.1 Å². The van der Waals surface area contributed by atoms with Crippen LogP contribution in [0.5, 0.6) is 0 Å². The predicted molar refractivity (Wildman–Crippen MR) is 237 cm³/mol. The van der Waals surface area contributed by atoms with Crippen molar-refractivity contribution in [1.82, 2.24) is 29.2 Å². The molecule has 16 heteroatoms. The van der Waals surface area contributed by atoms with Gasteiger partial charge in [-0.05, 0) is 136 Å². The van der Waals surface area contributed by atoms with Crippen LogP contribution in [-0.2, 0) is 26.5 Å². The van der Waals surface area contributed by atoms with Crippen molar-refractivity contribution in [1.29, 1.82) is 0 Å². The molecule has 6 aromatic rings. The number of hydrogen-bond acceptors (Lipinski definition) is 10. The highest BCUT2D eigenvalue weighted by Crippen LogP contribution is 2.56. The number of halogens is 1. The Bertz CT molecular complexity index is 3100. The molecule has 0 spiro atoms. The average Bonchev–Trinajstić information content (AvgIpc) is 4.16. The number of nitrogens with one attached hydrogen (secondary N) is 1. The molecule has 2 aliphatic carbocycles. The van der Waals surface area contributed by atoms with Crippen LogP contribution in [0.3, 0.4) is 0 Å². The number of H-pyrrole nitrogens is 1. The molecule has 64 heavy (non-hydrogen) atoms. The predicted octanol–water partition coefficient (Wildman–Crippen LogP) is 6.60. The minimum atomic E-state index is -3.32. The van der Waals surface area contributed by atoms with Crippen molar-refractivity contribution in [2.24, 2.45) is 5.92 Å². The number of ether oxygens (including phenoxy) is 1. The summed E-state index contributed by atoms with van der Waals surface area (Å²) in [7, 11) is -3.32. The third kappa shape index (κ3) is 6.41. The third-order valence-corrected chi connectivity index (χ3v) is 16.9. The van der Waals surface area contributed by atoms with E-state index in [0.29, 0.717) is 102 Å². The fourth-order valence-electron chi connectivity index (χ4n) is 10.7. The zero-order valence-corrected chi connectivity index (χ0v) is 37.1. The van der Waals surface area contributed by atoms with Gasteiger partial charge in [0.25, 0.3) is 11.5 Å². The zero-order chi connectivity index (χ0) is 44.4. The molecular weight excluding hydrogens is 838 g/mol. The van der Waals surface area contributed by atoms with E-state index in [4.69, 9.17) is 14.2 Å². The maximum atomic E-state index is 15.3. The molecule has 3 aromatic carbocycles. The zero-order valence-electron chi connectivity index (χ0n) is 36.3. The standard InChI is InChI=1S/C48H50FN7O7S/c1-26-19-35(20-27(2)41(26)49)55-43(57)38-13-16-54(29(4)42(38)50-46(55)53-24-34(25-53)30-5-8-36(9-6-30)64(60,61)37-10-11-37)44(58)40-22-33-21-32(31-14-17-62-18-15-31)7-12-39(33)56(40)48(23-28(48)3)45-51-47(59)63-52-45/h5-9,12,19-22,28-29,31,34,37H,10-11,13-18,23-25H2,1-4H3,(H,51,52,59)/t28-,29-,48+/m1/s1. The van der Waals surface area contributed by atoms with Crippen LogP contribution in [0.15, 0.2) is 79.7 Å². The summed E-state index contributed by atoms with van der Waals surface area (Å²) >= 11 is 0. The largest absolute Gasteiger partial charge is 0.438 e. The fourth-order valence-corrected chi connectivity index (χ4v) is 12.3. The van der Waals surface area contributed by atoms with Gasteiger partial charge >= 0.3 is 5.76 Å². The van der Waals surface area contributed by atoms with E-state index in [0.717, 1.165) is 29.3 Å². The van der Waals surface area contributed by atoms with E-state index in [-0.39, 0.29) is 47.3 Å². The lowest BCUT2D eigenvalue weighted by Gasteiger charge is -2.42. The first-order chi connectivity index (χ1) is 30.7. The number of hydrogen-bond donors (Lipinski definition) is 1. The van der Waals surface area contributed by atoms with Gasteiger partial charge in [-0.3, -0.25) is 19.1 Å². The number of aromatic nitrogens is 5. The van der Waals surface area contributed by atoms with E-state index < -0.39 is 27.2 Å². The molecule has 1 N–H and O–H groups in total. The monoisotopic (exact) mass is 887 g/mol. The van der Waals surface area contributed by atoms with Crippen LogP contribution in [0.1, 0.15) is 114 Å². The van der Waals surface area contributed by atoms with Crippen molar-refractivity contribution in [2.45, 2.75) is 99.8 Å². The van der Waals surface area contributed by atoms with Gasteiger partial charge in [0.15, 0.2) is 15.7 Å². The first kappa shape index (κ1) is 40.9. The summed E-state index contributed by atoms with van der Waals surface area (Å²) in [6.07, 6.45) is 4.11. The summed E-state index contributed by atoms with van der Waals surface area (Å²) in [5.41, 5.74) is 4.71. The van der Waals surface area contributed by atoms with E-state index in [1.165, 1.54) is 5.56 Å². The van der Waals surface area contributed by atoms with Crippen LogP contribution in [-0.4, -0.2) is 81.6 Å². The molecule has 3 aliphatic heterocycles. The Balaban J connectivity index is 0.973. The summed E-state index contributed by atoms with van der Waals surface area (Å²) in [5, 5.41) is 4.77. The first-order valence-corrected chi connectivity index (χ1v) is 23.9. The molecule has 11 rings (SSSR count). The molecule has 2 saturated heterocycles. The Morgan fingerprint density at radius 1 is 0.906 bits per heavy atom. The number of carbonyl (C=O) groups excluding carboxylic acids is 1. The van der Waals surface area contributed by atoms with Crippen LogP contribution in [0.2, 0.25) is 0 Å². The van der Waals surface area contributed by atoms with E-state index >= 15 is 9.18 Å². The summed E-state index contributed by atoms with van der Waals surface area (Å²) in [6, 6.07) is 18.2. The number of aryl methyl sites for hydroxylation is 2. The molecule has 1 amide bonds. The van der Waals surface area contributed by atoms with Crippen LogP contribution < -0.4 is 16.2 Å². The first-order valence-electron chi connectivity index (χ1n) is 22.4. The van der Waals surface area contributed by atoms with Crippen molar-refractivity contribution in [3.63, 3.8) is 0 Å². The lowest BCUT2D eigenvalue weighted by molar-refractivity contribution is 0.0658. The molecule has 4 fully saturated rings. The molecule has 332 valence electrons. The topological polar surface area (TPSA) is 166 Å². The summed E-state index contributed by atoms with van der Waals surface area (Å²) in [5.74, 6) is -0.0487. The van der Waals surface area contributed by atoms with E-state index in [1.54, 1.807) is 47.6 Å². The Morgan fingerprint density at radius 2 is 1.59 bits per heavy atom. The second kappa shape index (κ2) is 14.8. The number of carbonyl (C=O) groups is 1. The Morgan fingerprint density at radius 3 is 2.23 bits per heavy atom. The van der Waals surface area contributed by atoms with Gasteiger partial charge in [-0.1, -0.05) is 30.3 Å². The van der Waals surface area contributed by atoms with E-state index in [9.17, 15) is 18.0 Å². The SMILES string of the molecule is Cc1cc(-n2c(N3CC(c4ccc(S(=O)(=O)C5CC5)cc4)C3)nc3c(c2=O)CCN(C(=O)c2cc4cc(C5CCOCC5)ccc4n2[C@@]2(c4noc(=O)[nH]4)C[C@H]2C)[C@@H]3C)cc(C)c1F. The number of benzene rings is 3. The van der Waals surface area contributed by atoms with Crippen molar-refractivity contribution >= 4 is 32.6 Å². The molecular formula is C48H50FN7O7S. The van der Waals surface area contributed by atoms with Gasteiger partial charge in [-0.2, -0.15) is 0 Å². The highest BCUT2D eigenvalue weighted by atomic mass is 32.2. The van der Waals surface area contributed by atoms with Crippen LogP contribution in [0, 0.1) is 25.6 Å². The highest BCUT2D eigenvalue weighted by Gasteiger charge is 2.59. The van der Waals surface area contributed by atoms with Crippen LogP contribution >= 0.6 is 0 Å². The Labute approximate surface area is 369 Å². The van der Waals surface area contributed by atoms with Crippen LogP contribution in [0.25, 0.3) is 16.6 Å². The van der Waals surface area contributed by atoms with Crippen molar-refractivity contribution in [3.8, 4) is 5.69 Å². The van der Waals surface area contributed by atoms with E-state index in [2.05, 4.69) is 35.3 Å². The maximum Gasteiger partial charge on any atom is 0.438 e. The Kier molecular flexibility index (Phi) is 9.48. The van der Waals surface area contributed by atoms with Gasteiger partial charge in [0.2, 0.25) is 5.95 Å². The third-order valence-electron chi connectivity index (χ3n) is 14.7. The van der Waals surface area contributed by atoms with Gasteiger partial charge in [-0.25, -0.2) is 27.2 Å². The average molecular weight is 888 g/mol.